The first-order valence-electron chi connectivity index (χ1n) is 9.80. The number of pyridine rings is 2. The van der Waals surface area contributed by atoms with E-state index in [9.17, 15) is 8.78 Å². The molecular weight excluding hydrogens is 388 g/mol. The molecule has 1 aliphatic rings. The molecule has 2 aromatic heterocycles. The minimum Gasteiger partial charge on any atom is -0.482 e. The lowest BCUT2D eigenvalue weighted by Crippen LogP contribution is -2.43. The fraction of sp³-hybridized carbons (Fsp3) is 0.273. The van der Waals surface area contributed by atoms with Gasteiger partial charge in [-0.3, -0.25) is 0 Å². The van der Waals surface area contributed by atoms with Gasteiger partial charge in [-0.1, -0.05) is 0 Å². The van der Waals surface area contributed by atoms with Gasteiger partial charge in [0.2, 0.25) is 0 Å². The van der Waals surface area contributed by atoms with Crippen LogP contribution in [-0.2, 0) is 0 Å². The summed E-state index contributed by atoms with van der Waals surface area (Å²) < 4.78 is 33.4. The van der Waals surface area contributed by atoms with E-state index in [1.165, 1.54) is 0 Å². The van der Waals surface area contributed by atoms with Crippen molar-refractivity contribution in [3.63, 3.8) is 0 Å². The Hall–Kier alpha value is -3.26. The highest BCUT2D eigenvalue weighted by molar-refractivity contribution is 5.67. The van der Waals surface area contributed by atoms with Crippen molar-refractivity contribution in [2.45, 2.75) is 13.0 Å². The summed E-state index contributed by atoms with van der Waals surface area (Å²) in [5.74, 6) is 0.328. The maximum Gasteiger partial charge on any atom is 0.166 e. The van der Waals surface area contributed by atoms with E-state index in [0.29, 0.717) is 5.75 Å². The third kappa shape index (κ3) is 4.33. The van der Waals surface area contributed by atoms with Gasteiger partial charge in [-0.15, -0.1) is 0 Å². The molecule has 0 spiro atoms. The molecule has 0 amide bonds. The average molecular weight is 411 g/mol. The summed E-state index contributed by atoms with van der Waals surface area (Å²) in [5, 5.41) is 3.32. The normalized spacial score (nSPS) is 15.1. The van der Waals surface area contributed by atoms with Gasteiger partial charge in [0.05, 0.1) is 0 Å². The van der Waals surface area contributed by atoms with Crippen molar-refractivity contribution in [2.75, 3.05) is 36.8 Å². The SMILES string of the molecule is C[C@@H](Oc1cc(-c2ccc(N3CCNCC3)nc2)cnc1N)c1cc(F)ccc1F. The van der Waals surface area contributed by atoms with Crippen molar-refractivity contribution in [2.24, 2.45) is 0 Å². The van der Waals surface area contributed by atoms with Crippen LogP contribution in [-0.4, -0.2) is 36.1 Å². The Kier molecular flexibility index (Phi) is 5.76. The Morgan fingerprint density at radius 2 is 1.80 bits per heavy atom. The van der Waals surface area contributed by atoms with Gasteiger partial charge in [0, 0.05) is 55.3 Å². The van der Waals surface area contributed by atoms with E-state index < -0.39 is 17.7 Å². The van der Waals surface area contributed by atoms with Crippen LogP contribution in [0, 0.1) is 11.6 Å². The molecule has 0 bridgehead atoms. The maximum absolute atomic E-state index is 14.0. The fourth-order valence-corrected chi connectivity index (χ4v) is 3.43. The number of hydrogen-bond acceptors (Lipinski definition) is 6. The number of aromatic nitrogens is 2. The summed E-state index contributed by atoms with van der Waals surface area (Å²) in [4.78, 5) is 11.0. The molecule has 8 heteroatoms. The van der Waals surface area contributed by atoms with E-state index >= 15 is 0 Å². The predicted octanol–water partition coefficient (Wildman–Crippen LogP) is 3.55. The molecular formula is C22H23F2N5O. The number of nitrogens with one attached hydrogen (secondary N) is 1. The number of anilines is 2. The van der Waals surface area contributed by atoms with Gasteiger partial charge < -0.3 is 20.7 Å². The van der Waals surface area contributed by atoms with E-state index in [1.54, 1.807) is 25.4 Å². The number of nitrogens with zero attached hydrogens (tertiary/aromatic N) is 3. The molecule has 0 unspecified atom stereocenters. The molecule has 1 saturated heterocycles. The molecule has 0 aliphatic carbocycles. The quantitative estimate of drug-likeness (QED) is 0.669. The maximum atomic E-state index is 14.0. The third-order valence-electron chi connectivity index (χ3n) is 5.10. The second kappa shape index (κ2) is 8.62. The van der Waals surface area contributed by atoms with Gasteiger partial charge in [-0.05, 0) is 43.3 Å². The Morgan fingerprint density at radius 3 is 2.53 bits per heavy atom. The van der Waals surface area contributed by atoms with Crippen molar-refractivity contribution in [3.05, 3.63) is 66.0 Å². The number of piperazine rings is 1. The van der Waals surface area contributed by atoms with Crippen molar-refractivity contribution in [3.8, 4) is 16.9 Å². The number of hydrogen-bond donors (Lipinski definition) is 2. The zero-order valence-electron chi connectivity index (χ0n) is 16.6. The van der Waals surface area contributed by atoms with Crippen LogP contribution in [0.5, 0.6) is 5.75 Å². The van der Waals surface area contributed by atoms with E-state index in [1.807, 2.05) is 12.1 Å². The Morgan fingerprint density at radius 1 is 1.03 bits per heavy atom. The van der Waals surface area contributed by atoms with E-state index in [2.05, 4.69) is 20.2 Å². The van der Waals surface area contributed by atoms with Crippen LogP contribution in [0.1, 0.15) is 18.6 Å². The number of rotatable bonds is 5. The summed E-state index contributed by atoms with van der Waals surface area (Å²) >= 11 is 0. The first-order valence-corrected chi connectivity index (χ1v) is 9.80. The van der Waals surface area contributed by atoms with Crippen molar-refractivity contribution >= 4 is 11.6 Å². The minimum absolute atomic E-state index is 0.113. The van der Waals surface area contributed by atoms with Crippen LogP contribution in [0.4, 0.5) is 20.4 Å². The lowest BCUT2D eigenvalue weighted by molar-refractivity contribution is 0.221. The molecule has 4 rings (SSSR count). The topological polar surface area (TPSA) is 76.3 Å². The number of nitrogens with two attached hydrogens (primary N) is 1. The second-order valence-corrected chi connectivity index (χ2v) is 7.18. The average Bonchev–Trinajstić information content (AvgIpc) is 2.77. The molecule has 3 N–H and O–H groups in total. The van der Waals surface area contributed by atoms with Gasteiger partial charge in [-0.2, -0.15) is 0 Å². The molecule has 0 saturated carbocycles. The van der Waals surface area contributed by atoms with Crippen LogP contribution in [0.3, 0.4) is 0 Å². The Bertz CT molecular complexity index is 1020. The van der Waals surface area contributed by atoms with E-state index in [-0.39, 0.29) is 11.4 Å². The van der Waals surface area contributed by atoms with Gasteiger partial charge in [0.25, 0.3) is 0 Å². The highest BCUT2D eigenvalue weighted by Crippen LogP contribution is 2.31. The predicted molar refractivity (Wildman–Crippen MR) is 112 cm³/mol. The summed E-state index contributed by atoms with van der Waals surface area (Å²) in [7, 11) is 0. The second-order valence-electron chi connectivity index (χ2n) is 7.18. The van der Waals surface area contributed by atoms with Crippen LogP contribution < -0.4 is 20.7 Å². The van der Waals surface area contributed by atoms with Gasteiger partial charge in [0.1, 0.15) is 23.6 Å². The molecule has 3 aromatic rings. The molecule has 30 heavy (non-hydrogen) atoms. The van der Waals surface area contributed by atoms with Crippen LogP contribution >= 0.6 is 0 Å². The molecule has 1 aromatic carbocycles. The zero-order chi connectivity index (χ0) is 21.1. The summed E-state index contributed by atoms with van der Waals surface area (Å²) in [6.07, 6.45) is 2.68. The first-order chi connectivity index (χ1) is 14.5. The largest absolute Gasteiger partial charge is 0.482 e. The van der Waals surface area contributed by atoms with Crippen molar-refractivity contribution in [1.82, 2.24) is 15.3 Å². The highest BCUT2D eigenvalue weighted by Gasteiger charge is 2.17. The monoisotopic (exact) mass is 411 g/mol. The first kappa shape index (κ1) is 20.0. The smallest absolute Gasteiger partial charge is 0.166 e. The summed E-state index contributed by atoms with van der Waals surface area (Å²) in [6.45, 7) is 5.35. The minimum atomic E-state index is -0.742. The highest BCUT2D eigenvalue weighted by atomic mass is 19.1. The summed E-state index contributed by atoms with van der Waals surface area (Å²) in [6, 6.07) is 8.94. The van der Waals surface area contributed by atoms with Gasteiger partial charge >= 0.3 is 0 Å². The van der Waals surface area contributed by atoms with E-state index in [4.69, 9.17) is 10.5 Å². The standard InChI is InChI=1S/C22H23F2N5O/c1-14(18-11-17(23)3-4-19(18)24)30-20-10-16(13-28-22(20)25)15-2-5-21(27-12-15)29-8-6-26-7-9-29/h2-5,10-14,26H,6-9H2,1H3,(H2,25,28)/t14-/m1/s1. The lowest BCUT2D eigenvalue weighted by Gasteiger charge is -2.28. The molecule has 1 atom stereocenters. The van der Waals surface area contributed by atoms with Crippen LogP contribution in [0.2, 0.25) is 0 Å². The Labute approximate surface area is 173 Å². The zero-order valence-corrected chi connectivity index (χ0v) is 16.6. The molecule has 0 radical (unpaired) electrons. The number of halogens is 2. The third-order valence-corrected chi connectivity index (χ3v) is 5.10. The fourth-order valence-electron chi connectivity index (χ4n) is 3.43. The van der Waals surface area contributed by atoms with Crippen LogP contribution in [0.25, 0.3) is 11.1 Å². The van der Waals surface area contributed by atoms with Crippen LogP contribution in [0.15, 0.2) is 48.8 Å². The number of ether oxygens (including phenoxy) is 1. The molecule has 156 valence electrons. The van der Waals surface area contributed by atoms with E-state index in [0.717, 1.165) is 61.3 Å². The van der Waals surface area contributed by atoms with Gasteiger partial charge in [-0.25, -0.2) is 18.7 Å². The molecule has 6 nitrogen and oxygen atoms in total. The lowest BCUT2D eigenvalue weighted by atomic mass is 10.1. The molecule has 3 heterocycles. The number of benzene rings is 1. The molecule has 1 fully saturated rings. The van der Waals surface area contributed by atoms with Crippen molar-refractivity contribution in [1.29, 1.82) is 0 Å². The van der Waals surface area contributed by atoms with Crippen molar-refractivity contribution < 1.29 is 13.5 Å². The Balaban J connectivity index is 1.55. The summed E-state index contributed by atoms with van der Waals surface area (Å²) in [5.41, 5.74) is 7.69. The van der Waals surface area contributed by atoms with Gasteiger partial charge in [0.15, 0.2) is 11.6 Å². The molecule has 1 aliphatic heterocycles. The number of nitrogen functional groups attached to an aromatic ring is 1.